The van der Waals surface area contributed by atoms with Gasteiger partial charge >= 0.3 is 0 Å². The van der Waals surface area contributed by atoms with Crippen LogP contribution in [0, 0.1) is 19.8 Å². The highest BCUT2D eigenvalue weighted by Gasteiger charge is 2.30. The number of halogens is 1. The molecule has 7 nitrogen and oxygen atoms in total. The summed E-state index contributed by atoms with van der Waals surface area (Å²) in [7, 11) is -3.80. The Morgan fingerprint density at radius 1 is 1.06 bits per heavy atom. The minimum absolute atomic E-state index is 0.170. The van der Waals surface area contributed by atoms with Gasteiger partial charge in [0.2, 0.25) is 21.8 Å². The fourth-order valence-corrected chi connectivity index (χ4v) is 4.41. The molecule has 186 valence electrons. The van der Waals surface area contributed by atoms with E-state index in [-0.39, 0.29) is 18.4 Å². The second kappa shape index (κ2) is 11.7. The Kier molecular flexibility index (Phi) is 9.53. The first-order valence-corrected chi connectivity index (χ1v) is 13.4. The zero-order valence-corrected chi connectivity index (χ0v) is 22.2. The van der Waals surface area contributed by atoms with Crippen LogP contribution >= 0.6 is 11.6 Å². The first-order chi connectivity index (χ1) is 15.8. The average molecular weight is 508 g/mol. The third-order valence-corrected chi connectivity index (χ3v) is 6.96. The number of sulfonamides is 1. The molecule has 0 aliphatic carbocycles. The van der Waals surface area contributed by atoms with Crippen LogP contribution in [0.1, 0.15) is 37.5 Å². The summed E-state index contributed by atoms with van der Waals surface area (Å²) < 4.78 is 26.2. The fourth-order valence-electron chi connectivity index (χ4n) is 3.39. The van der Waals surface area contributed by atoms with Gasteiger partial charge in [0.05, 0.1) is 11.9 Å². The maximum absolute atomic E-state index is 13.5. The van der Waals surface area contributed by atoms with E-state index in [9.17, 15) is 18.0 Å². The minimum atomic E-state index is -3.80. The van der Waals surface area contributed by atoms with Crippen molar-refractivity contribution in [3.05, 3.63) is 64.2 Å². The molecular formula is C25H34ClN3O4S. The Balaban J connectivity index is 2.39. The molecule has 0 bridgehead atoms. The Labute approximate surface area is 208 Å². The minimum Gasteiger partial charge on any atom is -0.354 e. The number of rotatable bonds is 10. The van der Waals surface area contributed by atoms with Crippen molar-refractivity contribution in [1.82, 2.24) is 10.2 Å². The molecule has 2 amide bonds. The lowest BCUT2D eigenvalue weighted by molar-refractivity contribution is -0.139. The normalized spacial score (nSPS) is 12.4. The van der Waals surface area contributed by atoms with E-state index in [2.05, 4.69) is 5.32 Å². The van der Waals surface area contributed by atoms with Crippen molar-refractivity contribution >= 4 is 39.1 Å². The summed E-state index contributed by atoms with van der Waals surface area (Å²) >= 11 is 6.21. The second-order valence-electron chi connectivity index (χ2n) is 9.03. The zero-order chi connectivity index (χ0) is 25.6. The Hall–Kier alpha value is -2.58. The molecule has 2 rings (SSSR count). The summed E-state index contributed by atoms with van der Waals surface area (Å²) in [5, 5.41) is 3.26. The molecule has 0 saturated heterocycles. The fraction of sp³-hybridized carbons (Fsp3) is 0.440. The molecule has 2 aromatic carbocycles. The molecule has 2 aromatic rings. The van der Waals surface area contributed by atoms with Gasteiger partial charge in [-0.2, -0.15) is 0 Å². The van der Waals surface area contributed by atoms with Gasteiger partial charge < -0.3 is 10.2 Å². The Bertz CT molecular complexity index is 1130. The molecule has 0 aliphatic rings. The van der Waals surface area contributed by atoms with Gasteiger partial charge in [0.15, 0.2) is 0 Å². The summed E-state index contributed by atoms with van der Waals surface area (Å²) in [5.74, 6) is -0.529. The van der Waals surface area contributed by atoms with Crippen molar-refractivity contribution < 1.29 is 18.0 Å². The Morgan fingerprint density at radius 3 is 2.29 bits per heavy atom. The lowest BCUT2D eigenvalue weighted by Gasteiger charge is -2.31. The van der Waals surface area contributed by atoms with Crippen LogP contribution in [0.3, 0.4) is 0 Å². The third kappa shape index (κ3) is 7.74. The number of nitrogens with one attached hydrogen (secondary N) is 1. The van der Waals surface area contributed by atoms with Crippen LogP contribution in [-0.2, 0) is 26.2 Å². The molecule has 0 heterocycles. The summed E-state index contributed by atoms with van der Waals surface area (Å²) in [6.07, 6.45) is 1.04. The van der Waals surface area contributed by atoms with Gasteiger partial charge in [-0.3, -0.25) is 13.9 Å². The Morgan fingerprint density at radius 2 is 1.74 bits per heavy atom. The van der Waals surface area contributed by atoms with Crippen LogP contribution in [-0.4, -0.2) is 50.5 Å². The predicted octanol–water partition coefficient (Wildman–Crippen LogP) is 3.91. The SMILES string of the molecule is Cc1cccc(CN(C(=O)CN(c2ccc(C)c(Cl)c2)S(C)(=O)=O)[C@@H](C)C(=O)NCC(C)C)c1. The molecule has 0 radical (unpaired) electrons. The molecule has 0 saturated carbocycles. The standard InChI is InChI=1S/C25H34ClN3O4S/c1-17(2)14-27-25(31)20(5)28(15-21-9-7-8-18(3)12-21)24(30)16-29(34(6,32)33)22-11-10-19(4)23(26)13-22/h7-13,17,20H,14-16H2,1-6H3,(H,27,31)/t20-/m0/s1. The molecule has 1 atom stereocenters. The smallest absolute Gasteiger partial charge is 0.244 e. The van der Waals surface area contributed by atoms with Crippen LogP contribution < -0.4 is 9.62 Å². The molecular weight excluding hydrogens is 474 g/mol. The summed E-state index contributed by atoms with van der Waals surface area (Å²) in [5.41, 5.74) is 2.95. The van der Waals surface area contributed by atoms with E-state index in [1.165, 1.54) is 11.0 Å². The second-order valence-corrected chi connectivity index (χ2v) is 11.3. The summed E-state index contributed by atoms with van der Waals surface area (Å²) in [6, 6.07) is 11.7. The van der Waals surface area contributed by atoms with E-state index < -0.39 is 28.5 Å². The molecule has 1 N–H and O–H groups in total. The summed E-state index contributed by atoms with van der Waals surface area (Å²) in [6.45, 7) is 9.57. The van der Waals surface area contributed by atoms with Gasteiger partial charge in [0, 0.05) is 18.1 Å². The van der Waals surface area contributed by atoms with E-state index in [4.69, 9.17) is 11.6 Å². The van der Waals surface area contributed by atoms with Crippen molar-refractivity contribution in [3.8, 4) is 0 Å². The average Bonchev–Trinajstić information content (AvgIpc) is 2.74. The van der Waals surface area contributed by atoms with Crippen molar-refractivity contribution in [2.24, 2.45) is 5.92 Å². The highest BCUT2D eigenvalue weighted by atomic mass is 35.5. The number of aryl methyl sites for hydroxylation is 2. The number of carbonyl (C=O) groups excluding carboxylic acids is 2. The van der Waals surface area contributed by atoms with Crippen molar-refractivity contribution in [3.63, 3.8) is 0 Å². The first kappa shape index (κ1) is 27.7. The lowest BCUT2D eigenvalue weighted by atomic mass is 10.1. The third-order valence-electron chi connectivity index (χ3n) is 5.41. The number of hydrogen-bond donors (Lipinski definition) is 1. The van der Waals surface area contributed by atoms with E-state index in [0.29, 0.717) is 17.3 Å². The van der Waals surface area contributed by atoms with E-state index in [1.807, 2.05) is 52.0 Å². The monoisotopic (exact) mass is 507 g/mol. The first-order valence-electron chi connectivity index (χ1n) is 11.2. The highest BCUT2D eigenvalue weighted by Crippen LogP contribution is 2.25. The van der Waals surface area contributed by atoms with E-state index in [0.717, 1.165) is 27.3 Å². The molecule has 0 fully saturated rings. The predicted molar refractivity (Wildman–Crippen MR) is 137 cm³/mol. The molecule has 0 aliphatic heterocycles. The maximum atomic E-state index is 13.5. The molecule has 0 unspecified atom stereocenters. The van der Waals surface area contributed by atoms with Crippen LogP contribution in [0.25, 0.3) is 0 Å². The van der Waals surface area contributed by atoms with Crippen LogP contribution in [0.2, 0.25) is 5.02 Å². The van der Waals surface area contributed by atoms with Gasteiger partial charge in [0.1, 0.15) is 12.6 Å². The van der Waals surface area contributed by atoms with E-state index in [1.54, 1.807) is 19.1 Å². The van der Waals surface area contributed by atoms with Gasteiger partial charge in [-0.05, 0) is 49.9 Å². The lowest BCUT2D eigenvalue weighted by Crippen LogP contribution is -2.51. The quantitative estimate of drug-likeness (QED) is 0.528. The van der Waals surface area contributed by atoms with Crippen LogP contribution in [0.5, 0.6) is 0 Å². The number of nitrogens with zero attached hydrogens (tertiary/aromatic N) is 2. The number of benzene rings is 2. The highest BCUT2D eigenvalue weighted by molar-refractivity contribution is 7.92. The number of anilines is 1. The number of hydrogen-bond acceptors (Lipinski definition) is 4. The molecule has 9 heteroatoms. The van der Waals surface area contributed by atoms with Crippen molar-refractivity contribution in [2.45, 2.75) is 47.2 Å². The largest absolute Gasteiger partial charge is 0.354 e. The van der Waals surface area contributed by atoms with E-state index >= 15 is 0 Å². The van der Waals surface area contributed by atoms with Crippen molar-refractivity contribution in [1.29, 1.82) is 0 Å². The maximum Gasteiger partial charge on any atom is 0.244 e. The van der Waals surface area contributed by atoms with Gasteiger partial charge in [-0.1, -0.05) is 61.3 Å². The number of amides is 2. The number of carbonyl (C=O) groups is 2. The van der Waals surface area contributed by atoms with Gasteiger partial charge in [0.25, 0.3) is 0 Å². The molecule has 0 aromatic heterocycles. The van der Waals surface area contributed by atoms with Crippen molar-refractivity contribution in [2.75, 3.05) is 23.7 Å². The molecule has 0 spiro atoms. The van der Waals surface area contributed by atoms with Crippen LogP contribution in [0.4, 0.5) is 5.69 Å². The topological polar surface area (TPSA) is 86.8 Å². The zero-order valence-electron chi connectivity index (χ0n) is 20.6. The van der Waals surface area contributed by atoms with Gasteiger partial charge in [-0.25, -0.2) is 8.42 Å². The molecule has 34 heavy (non-hydrogen) atoms. The van der Waals surface area contributed by atoms with Crippen LogP contribution in [0.15, 0.2) is 42.5 Å². The summed E-state index contributed by atoms with van der Waals surface area (Å²) in [4.78, 5) is 27.8. The van der Waals surface area contributed by atoms with Gasteiger partial charge in [-0.15, -0.1) is 0 Å².